The van der Waals surface area contributed by atoms with Crippen LogP contribution in [0.15, 0.2) is 57.1 Å². The fourth-order valence-electron chi connectivity index (χ4n) is 2.67. The average Bonchev–Trinajstić information content (AvgIpc) is 3.28. The van der Waals surface area contributed by atoms with E-state index in [9.17, 15) is 9.59 Å². The molecule has 2 heterocycles. The second kappa shape index (κ2) is 5.66. The van der Waals surface area contributed by atoms with Crippen molar-refractivity contribution in [2.24, 2.45) is 0 Å². The second-order valence-corrected chi connectivity index (χ2v) is 6.75. The maximum Gasteiger partial charge on any atom is 0.290 e. The molecule has 0 atom stereocenters. The number of para-hydroxylation sites is 1. The van der Waals surface area contributed by atoms with Crippen LogP contribution in [-0.4, -0.2) is 16.8 Å². The smallest absolute Gasteiger partial charge is 0.290 e. The van der Waals surface area contributed by atoms with Crippen molar-refractivity contribution in [3.05, 3.63) is 68.7 Å². The van der Waals surface area contributed by atoms with Gasteiger partial charge in [-0.15, -0.1) is 11.3 Å². The SMILES string of the molecule is O=C(c1cc(=O)c2ccccc2o1)N(Cc1cccs1)C1CC1. The van der Waals surface area contributed by atoms with Gasteiger partial charge in [-0.1, -0.05) is 18.2 Å². The van der Waals surface area contributed by atoms with Crippen molar-refractivity contribution < 1.29 is 9.21 Å². The van der Waals surface area contributed by atoms with Gasteiger partial charge in [-0.05, 0) is 36.4 Å². The predicted molar refractivity (Wildman–Crippen MR) is 89.7 cm³/mol. The monoisotopic (exact) mass is 325 g/mol. The Labute approximate surface area is 137 Å². The molecule has 1 fully saturated rings. The number of fused-ring (bicyclic) bond motifs is 1. The molecule has 0 unspecified atom stereocenters. The van der Waals surface area contributed by atoms with Crippen molar-refractivity contribution in [3.63, 3.8) is 0 Å². The topological polar surface area (TPSA) is 50.5 Å². The number of carbonyl (C=O) groups excluding carboxylic acids is 1. The van der Waals surface area contributed by atoms with Gasteiger partial charge in [0.25, 0.3) is 5.91 Å². The van der Waals surface area contributed by atoms with Gasteiger partial charge < -0.3 is 9.32 Å². The molecule has 1 saturated carbocycles. The van der Waals surface area contributed by atoms with E-state index in [1.807, 2.05) is 22.4 Å². The Balaban J connectivity index is 1.70. The number of nitrogens with zero attached hydrogens (tertiary/aromatic N) is 1. The van der Waals surface area contributed by atoms with E-state index in [0.29, 0.717) is 17.5 Å². The second-order valence-electron chi connectivity index (χ2n) is 5.71. The summed E-state index contributed by atoms with van der Waals surface area (Å²) in [5.41, 5.74) is 0.275. The summed E-state index contributed by atoms with van der Waals surface area (Å²) >= 11 is 1.63. The molecule has 1 amide bonds. The van der Waals surface area contributed by atoms with E-state index in [1.54, 1.807) is 35.6 Å². The molecular weight excluding hydrogens is 310 g/mol. The maximum absolute atomic E-state index is 12.8. The van der Waals surface area contributed by atoms with Crippen LogP contribution in [-0.2, 0) is 6.54 Å². The lowest BCUT2D eigenvalue weighted by Gasteiger charge is -2.21. The zero-order valence-electron chi connectivity index (χ0n) is 12.4. The summed E-state index contributed by atoms with van der Waals surface area (Å²) in [5.74, 6) is -0.0825. The molecule has 4 nitrogen and oxygen atoms in total. The van der Waals surface area contributed by atoms with Crippen molar-refractivity contribution in [1.29, 1.82) is 0 Å². The fourth-order valence-corrected chi connectivity index (χ4v) is 3.38. The first kappa shape index (κ1) is 14.2. The Kier molecular flexibility index (Phi) is 3.50. The van der Waals surface area contributed by atoms with Gasteiger partial charge in [-0.25, -0.2) is 0 Å². The third-order valence-corrected chi connectivity index (χ3v) is 4.86. The van der Waals surface area contributed by atoms with Gasteiger partial charge in [0.1, 0.15) is 5.58 Å². The van der Waals surface area contributed by atoms with Crippen molar-refractivity contribution >= 4 is 28.2 Å². The van der Waals surface area contributed by atoms with Crippen molar-refractivity contribution in [2.75, 3.05) is 0 Å². The zero-order chi connectivity index (χ0) is 15.8. The molecule has 0 bridgehead atoms. The van der Waals surface area contributed by atoms with Gasteiger partial charge in [0.05, 0.1) is 11.9 Å². The molecule has 4 rings (SSSR count). The molecule has 5 heteroatoms. The van der Waals surface area contributed by atoms with Crippen LogP contribution >= 0.6 is 11.3 Å². The molecular formula is C18H15NO3S. The Morgan fingerprint density at radius 2 is 2.04 bits per heavy atom. The minimum absolute atomic E-state index is 0.122. The summed E-state index contributed by atoms with van der Waals surface area (Å²) in [6.07, 6.45) is 2.02. The molecule has 0 aliphatic heterocycles. The number of rotatable bonds is 4. The summed E-state index contributed by atoms with van der Waals surface area (Å²) in [4.78, 5) is 28.0. The quantitative estimate of drug-likeness (QED) is 0.735. The molecule has 0 spiro atoms. The van der Waals surface area contributed by atoms with Gasteiger partial charge >= 0.3 is 0 Å². The van der Waals surface area contributed by atoms with E-state index in [4.69, 9.17) is 4.42 Å². The zero-order valence-corrected chi connectivity index (χ0v) is 13.2. The average molecular weight is 325 g/mol. The number of amides is 1. The highest BCUT2D eigenvalue weighted by Gasteiger charge is 2.34. The number of hydrogen-bond donors (Lipinski definition) is 0. The van der Waals surface area contributed by atoms with E-state index in [0.717, 1.165) is 17.7 Å². The van der Waals surface area contributed by atoms with Gasteiger partial charge in [0, 0.05) is 17.0 Å². The number of carbonyl (C=O) groups is 1. The van der Waals surface area contributed by atoms with Crippen molar-refractivity contribution in [1.82, 2.24) is 4.90 Å². The number of hydrogen-bond acceptors (Lipinski definition) is 4. The van der Waals surface area contributed by atoms with E-state index < -0.39 is 0 Å². The number of thiophene rings is 1. The molecule has 2 aromatic heterocycles. The maximum atomic E-state index is 12.8. The normalized spacial score (nSPS) is 14.1. The third-order valence-electron chi connectivity index (χ3n) is 4.00. The summed E-state index contributed by atoms with van der Waals surface area (Å²) < 4.78 is 5.69. The highest BCUT2D eigenvalue weighted by molar-refractivity contribution is 7.09. The van der Waals surface area contributed by atoms with Crippen LogP contribution < -0.4 is 5.43 Å². The first-order chi connectivity index (χ1) is 11.2. The van der Waals surface area contributed by atoms with Crippen molar-refractivity contribution in [3.8, 4) is 0 Å². The summed E-state index contributed by atoms with van der Waals surface area (Å²) in [6, 6.07) is 12.6. The van der Waals surface area contributed by atoms with Crippen LogP contribution in [0.25, 0.3) is 11.0 Å². The van der Waals surface area contributed by atoms with Crippen LogP contribution in [0.5, 0.6) is 0 Å². The summed E-state index contributed by atoms with van der Waals surface area (Å²) in [6.45, 7) is 0.567. The number of benzene rings is 1. The Bertz CT molecular complexity index is 909. The van der Waals surface area contributed by atoms with Crippen LogP contribution in [0.4, 0.5) is 0 Å². The van der Waals surface area contributed by atoms with Crippen LogP contribution in [0.3, 0.4) is 0 Å². The first-order valence-corrected chi connectivity index (χ1v) is 8.46. The molecule has 1 aliphatic carbocycles. The van der Waals surface area contributed by atoms with E-state index in [1.165, 1.54) is 6.07 Å². The lowest BCUT2D eigenvalue weighted by Crippen LogP contribution is -2.32. The Morgan fingerprint density at radius 1 is 1.22 bits per heavy atom. The third kappa shape index (κ3) is 2.80. The fraction of sp³-hybridized carbons (Fsp3) is 0.222. The first-order valence-electron chi connectivity index (χ1n) is 7.58. The molecule has 3 aromatic rings. The lowest BCUT2D eigenvalue weighted by atomic mass is 10.2. The standard InChI is InChI=1S/C18H15NO3S/c20-15-10-17(22-16-6-2-1-5-14(15)16)18(21)19(12-7-8-12)11-13-4-3-9-23-13/h1-6,9-10,12H,7-8,11H2. The minimum Gasteiger partial charge on any atom is -0.451 e. The molecule has 23 heavy (non-hydrogen) atoms. The molecule has 0 N–H and O–H groups in total. The van der Waals surface area contributed by atoms with Gasteiger partial charge in [-0.3, -0.25) is 9.59 Å². The Morgan fingerprint density at radius 3 is 2.78 bits per heavy atom. The summed E-state index contributed by atoms with van der Waals surface area (Å²) in [7, 11) is 0. The molecule has 1 aromatic carbocycles. The minimum atomic E-state index is -0.205. The van der Waals surface area contributed by atoms with Crippen LogP contribution in [0.2, 0.25) is 0 Å². The molecule has 1 aliphatic rings. The van der Waals surface area contributed by atoms with E-state index >= 15 is 0 Å². The molecule has 0 radical (unpaired) electrons. The van der Waals surface area contributed by atoms with Gasteiger partial charge in [0.15, 0.2) is 11.2 Å². The van der Waals surface area contributed by atoms with Gasteiger partial charge in [0.2, 0.25) is 0 Å². The molecule has 116 valence electrons. The van der Waals surface area contributed by atoms with Crippen molar-refractivity contribution in [2.45, 2.75) is 25.4 Å². The van der Waals surface area contributed by atoms with E-state index in [-0.39, 0.29) is 23.1 Å². The lowest BCUT2D eigenvalue weighted by molar-refractivity contribution is 0.0700. The summed E-state index contributed by atoms with van der Waals surface area (Å²) in [5, 5.41) is 2.50. The highest BCUT2D eigenvalue weighted by Crippen LogP contribution is 2.30. The Hall–Kier alpha value is -2.40. The predicted octanol–water partition coefficient (Wildman–Crippen LogP) is 3.66. The highest BCUT2D eigenvalue weighted by atomic mass is 32.1. The van der Waals surface area contributed by atoms with E-state index in [2.05, 4.69) is 0 Å². The van der Waals surface area contributed by atoms with Crippen LogP contribution in [0, 0.1) is 0 Å². The molecule has 0 saturated heterocycles. The van der Waals surface area contributed by atoms with Crippen LogP contribution in [0.1, 0.15) is 28.3 Å². The largest absolute Gasteiger partial charge is 0.451 e. The van der Waals surface area contributed by atoms with Gasteiger partial charge in [-0.2, -0.15) is 0 Å².